The summed E-state index contributed by atoms with van der Waals surface area (Å²) in [6, 6.07) is 3.95. The second kappa shape index (κ2) is 18.7. The summed E-state index contributed by atoms with van der Waals surface area (Å²) in [4.78, 5) is 0. The molecule has 0 aromatic carbocycles. The molecule has 1 heterocycles. The molecule has 0 amide bonds. The van der Waals surface area contributed by atoms with E-state index in [9.17, 15) is 0 Å². The summed E-state index contributed by atoms with van der Waals surface area (Å²) >= 11 is 4.22. The number of thioether (sulfide) groups is 2. The molecule has 0 saturated carbocycles. The monoisotopic (exact) mass is 424 g/mol. The van der Waals surface area contributed by atoms with Crippen LogP contribution in [0.4, 0.5) is 0 Å². The molecular formula is C25H44OS2. The average molecular weight is 425 g/mol. The van der Waals surface area contributed by atoms with Crippen LogP contribution in [0.25, 0.3) is 6.08 Å². The van der Waals surface area contributed by atoms with Crippen LogP contribution in [0.15, 0.2) is 28.9 Å². The number of hydrogen-bond donors (Lipinski definition) is 0. The van der Waals surface area contributed by atoms with Crippen LogP contribution in [0.2, 0.25) is 0 Å². The van der Waals surface area contributed by atoms with Crippen molar-refractivity contribution in [3.8, 4) is 0 Å². The van der Waals surface area contributed by atoms with Crippen molar-refractivity contribution in [1.29, 1.82) is 0 Å². The second-order valence-electron chi connectivity index (χ2n) is 7.87. The van der Waals surface area contributed by atoms with Gasteiger partial charge >= 0.3 is 0 Å². The molecule has 3 heteroatoms. The van der Waals surface area contributed by atoms with Gasteiger partial charge in [0.2, 0.25) is 0 Å². The van der Waals surface area contributed by atoms with Gasteiger partial charge in [0.25, 0.3) is 0 Å². The Morgan fingerprint density at radius 1 is 0.821 bits per heavy atom. The standard InChI is InChI=1S/C25H44OS2/c1-4-5-6-7-12-15-20-24(27-2)25(28-3)21-16-13-10-8-9-11-14-18-23-19-17-22-26-23/h14,17-19,22,24-25H,4-13,15-16,20-21H2,1-3H3/b18-14+. The van der Waals surface area contributed by atoms with Crippen LogP contribution < -0.4 is 0 Å². The summed E-state index contributed by atoms with van der Waals surface area (Å²) in [6.45, 7) is 2.30. The molecule has 1 aromatic rings. The number of unbranched alkanes of at least 4 members (excludes halogenated alkanes) is 10. The summed E-state index contributed by atoms with van der Waals surface area (Å²) in [5.41, 5.74) is 0. The zero-order chi connectivity index (χ0) is 20.3. The second-order valence-corrected chi connectivity index (χ2v) is 10.0. The van der Waals surface area contributed by atoms with E-state index in [1.807, 2.05) is 12.1 Å². The summed E-state index contributed by atoms with van der Waals surface area (Å²) < 4.78 is 5.31. The van der Waals surface area contributed by atoms with Crippen LogP contribution in [-0.2, 0) is 0 Å². The maximum absolute atomic E-state index is 5.31. The molecule has 0 aliphatic heterocycles. The van der Waals surface area contributed by atoms with Gasteiger partial charge < -0.3 is 4.42 Å². The summed E-state index contributed by atoms with van der Waals surface area (Å²) in [5.74, 6) is 0.965. The first-order chi connectivity index (χ1) is 13.8. The molecule has 0 aliphatic carbocycles. The van der Waals surface area contributed by atoms with Crippen LogP contribution >= 0.6 is 23.5 Å². The van der Waals surface area contributed by atoms with Crippen LogP contribution in [0.1, 0.15) is 103 Å². The van der Waals surface area contributed by atoms with E-state index in [1.165, 1.54) is 89.9 Å². The van der Waals surface area contributed by atoms with Gasteiger partial charge in [0.1, 0.15) is 5.76 Å². The molecule has 162 valence electrons. The van der Waals surface area contributed by atoms with Gasteiger partial charge in [-0.05, 0) is 56.4 Å². The number of furan rings is 1. The van der Waals surface area contributed by atoms with Crippen molar-refractivity contribution < 1.29 is 4.42 Å². The molecule has 0 radical (unpaired) electrons. The van der Waals surface area contributed by atoms with Gasteiger partial charge in [0.05, 0.1) is 6.26 Å². The first-order valence-electron chi connectivity index (χ1n) is 11.6. The first-order valence-corrected chi connectivity index (χ1v) is 14.1. The third kappa shape index (κ3) is 13.0. The van der Waals surface area contributed by atoms with Crippen LogP contribution in [0, 0.1) is 0 Å². The van der Waals surface area contributed by atoms with E-state index in [-0.39, 0.29) is 0 Å². The van der Waals surface area contributed by atoms with Gasteiger partial charge in [-0.25, -0.2) is 0 Å². The Morgan fingerprint density at radius 2 is 1.39 bits per heavy atom. The zero-order valence-corrected chi connectivity index (χ0v) is 20.3. The molecule has 2 unspecified atom stereocenters. The van der Waals surface area contributed by atoms with Crippen LogP contribution in [0.3, 0.4) is 0 Å². The lowest BCUT2D eigenvalue weighted by atomic mass is 10.0. The topological polar surface area (TPSA) is 13.1 Å². The Hall–Kier alpha value is -0.280. The summed E-state index contributed by atoms with van der Waals surface area (Å²) in [7, 11) is 0. The van der Waals surface area contributed by atoms with Crippen molar-refractivity contribution in [3.05, 3.63) is 30.2 Å². The Labute approximate surface area is 183 Å². The first kappa shape index (κ1) is 25.8. The minimum Gasteiger partial charge on any atom is -0.465 e. The molecule has 0 saturated heterocycles. The van der Waals surface area contributed by atoms with Crippen LogP contribution in [-0.4, -0.2) is 23.0 Å². The van der Waals surface area contributed by atoms with E-state index in [4.69, 9.17) is 4.42 Å². The largest absolute Gasteiger partial charge is 0.465 e. The number of hydrogen-bond acceptors (Lipinski definition) is 3. The van der Waals surface area contributed by atoms with Crippen molar-refractivity contribution in [2.24, 2.45) is 0 Å². The Morgan fingerprint density at radius 3 is 1.93 bits per heavy atom. The lowest BCUT2D eigenvalue weighted by molar-refractivity contribution is 0.547. The molecule has 0 N–H and O–H groups in total. The quantitative estimate of drug-likeness (QED) is 0.205. The van der Waals surface area contributed by atoms with E-state index in [0.717, 1.165) is 16.3 Å². The summed E-state index contributed by atoms with van der Waals surface area (Å²) in [5, 5.41) is 1.70. The van der Waals surface area contributed by atoms with Gasteiger partial charge in [-0.15, -0.1) is 0 Å². The van der Waals surface area contributed by atoms with E-state index in [2.05, 4.69) is 55.1 Å². The SMILES string of the molecule is CCCCCCCCC(SC)C(CCCCCCC/C=C/c1ccco1)SC. The average Bonchev–Trinajstić information content (AvgIpc) is 3.23. The lowest BCUT2D eigenvalue weighted by Crippen LogP contribution is -2.19. The normalized spacial score (nSPS) is 14.0. The fourth-order valence-corrected chi connectivity index (χ4v) is 6.11. The Bertz CT molecular complexity index is 455. The molecule has 0 fully saturated rings. The van der Waals surface area contributed by atoms with E-state index < -0.39 is 0 Å². The molecule has 28 heavy (non-hydrogen) atoms. The molecule has 1 nitrogen and oxygen atoms in total. The van der Waals surface area contributed by atoms with Gasteiger partial charge in [0, 0.05) is 10.5 Å². The highest BCUT2D eigenvalue weighted by Gasteiger charge is 2.18. The van der Waals surface area contributed by atoms with Gasteiger partial charge in [0.15, 0.2) is 0 Å². The molecule has 0 spiro atoms. The smallest absolute Gasteiger partial charge is 0.126 e. The highest BCUT2D eigenvalue weighted by Crippen LogP contribution is 2.30. The maximum atomic E-state index is 5.31. The van der Waals surface area contributed by atoms with Crippen molar-refractivity contribution in [2.75, 3.05) is 12.5 Å². The van der Waals surface area contributed by atoms with Gasteiger partial charge in [-0.3, -0.25) is 0 Å². The predicted molar refractivity (Wildman–Crippen MR) is 133 cm³/mol. The predicted octanol–water partition coefficient (Wildman–Crippen LogP) is 9.24. The number of allylic oxidation sites excluding steroid dienone is 1. The van der Waals surface area contributed by atoms with Crippen molar-refractivity contribution in [2.45, 2.75) is 107 Å². The van der Waals surface area contributed by atoms with Crippen molar-refractivity contribution in [1.82, 2.24) is 0 Å². The molecule has 2 atom stereocenters. The van der Waals surface area contributed by atoms with E-state index in [0.29, 0.717) is 0 Å². The third-order valence-corrected chi connectivity index (χ3v) is 8.06. The van der Waals surface area contributed by atoms with Crippen LogP contribution in [0.5, 0.6) is 0 Å². The van der Waals surface area contributed by atoms with Crippen molar-refractivity contribution in [3.63, 3.8) is 0 Å². The Kier molecular flexibility index (Phi) is 17.2. The van der Waals surface area contributed by atoms with Gasteiger partial charge in [-0.2, -0.15) is 23.5 Å². The minimum absolute atomic E-state index is 0.849. The maximum Gasteiger partial charge on any atom is 0.126 e. The lowest BCUT2D eigenvalue weighted by Gasteiger charge is -2.24. The van der Waals surface area contributed by atoms with E-state index in [1.54, 1.807) is 6.26 Å². The van der Waals surface area contributed by atoms with E-state index >= 15 is 0 Å². The third-order valence-electron chi connectivity index (χ3n) is 5.55. The molecule has 0 aliphatic rings. The molecule has 0 bridgehead atoms. The molecule has 1 rings (SSSR count). The number of rotatable bonds is 19. The highest BCUT2D eigenvalue weighted by molar-refractivity contribution is 8.03. The highest BCUT2D eigenvalue weighted by atomic mass is 32.2. The minimum atomic E-state index is 0.849. The fraction of sp³-hybridized carbons (Fsp3) is 0.760. The Balaban J connectivity index is 2.03. The van der Waals surface area contributed by atoms with Gasteiger partial charge in [-0.1, -0.05) is 77.2 Å². The molecule has 1 aromatic heterocycles. The zero-order valence-electron chi connectivity index (χ0n) is 18.7. The molecular weight excluding hydrogens is 380 g/mol. The summed E-state index contributed by atoms with van der Waals surface area (Å²) in [6.07, 6.45) is 30.1. The van der Waals surface area contributed by atoms with Crippen molar-refractivity contribution >= 4 is 29.6 Å². The fourth-order valence-electron chi connectivity index (χ4n) is 3.76.